The Balaban J connectivity index is 2.26. The molecule has 0 saturated carbocycles. The van der Waals surface area contributed by atoms with Gasteiger partial charge in [-0.2, -0.15) is 0 Å². The lowest BCUT2D eigenvalue weighted by molar-refractivity contribution is -0.303. The second-order valence-corrected chi connectivity index (χ2v) is 9.80. The van der Waals surface area contributed by atoms with Crippen LogP contribution in [0.5, 0.6) is 0 Å². The van der Waals surface area contributed by atoms with Crippen molar-refractivity contribution < 1.29 is 35.0 Å². The fraction of sp³-hybridized carbons (Fsp3) is 0.923. The van der Waals surface area contributed by atoms with Crippen molar-refractivity contribution in [2.45, 2.75) is 127 Å². The molecule has 2 unspecified atom stereocenters. The zero-order chi connectivity index (χ0) is 25.3. The predicted molar refractivity (Wildman–Crippen MR) is 133 cm³/mol. The molecule has 1 heterocycles. The summed E-state index contributed by atoms with van der Waals surface area (Å²) in [6.07, 6.45) is 11.7. The summed E-state index contributed by atoms with van der Waals surface area (Å²) in [6, 6.07) is -0.388. The second kappa shape index (κ2) is 18.7. The molecule has 8 heteroatoms. The quantitative estimate of drug-likeness (QED) is 0.138. The van der Waals surface area contributed by atoms with Crippen molar-refractivity contribution in [3.05, 3.63) is 12.2 Å². The molecule has 0 aromatic rings. The first-order valence-corrected chi connectivity index (χ1v) is 13.3. The summed E-state index contributed by atoms with van der Waals surface area (Å²) in [5, 5.41) is 49.8. The largest absolute Gasteiger partial charge is 0.394 e. The highest BCUT2D eigenvalue weighted by Crippen LogP contribution is 2.22. The monoisotopic (exact) mass is 489 g/mol. The predicted octanol–water partition coefficient (Wildman–Crippen LogP) is 2.35. The lowest BCUT2D eigenvalue weighted by atomic mass is 9.99. The highest BCUT2D eigenvalue weighted by Gasteiger charge is 2.44. The first-order valence-electron chi connectivity index (χ1n) is 13.3. The van der Waals surface area contributed by atoms with Crippen LogP contribution in [0.4, 0.5) is 0 Å². The number of aliphatic hydroxyl groups is 5. The Labute approximate surface area is 206 Å². The number of nitrogens with zero attached hydrogens (tertiary/aromatic N) is 1. The van der Waals surface area contributed by atoms with Gasteiger partial charge in [0.15, 0.2) is 6.29 Å². The minimum absolute atomic E-state index is 0.0413. The molecule has 8 nitrogen and oxygen atoms in total. The highest BCUT2D eigenvalue weighted by atomic mass is 16.7. The lowest BCUT2D eigenvalue weighted by Crippen LogP contribution is -2.59. The highest BCUT2D eigenvalue weighted by molar-refractivity contribution is 4.95. The maximum Gasteiger partial charge on any atom is 0.186 e. The number of allylic oxidation sites excluding steroid dienone is 1. The van der Waals surface area contributed by atoms with E-state index < -0.39 is 43.4 Å². The van der Waals surface area contributed by atoms with Gasteiger partial charge in [-0.05, 0) is 26.9 Å². The zero-order valence-corrected chi connectivity index (χ0v) is 21.6. The van der Waals surface area contributed by atoms with Crippen molar-refractivity contribution in [2.24, 2.45) is 0 Å². The van der Waals surface area contributed by atoms with Gasteiger partial charge in [-0.25, -0.2) is 0 Å². The van der Waals surface area contributed by atoms with Gasteiger partial charge in [-0.1, -0.05) is 83.3 Å². The number of ether oxygens (including phenoxy) is 2. The molecule has 34 heavy (non-hydrogen) atoms. The van der Waals surface area contributed by atoms with Crippen molar-refractivity contribution in [2.75, 3.05) is 27.3 Å². The number of hydrogen-bond donors (Lipinski definition) is 5. The SMILES string of the molecule is CCCCCCCCCCCCC/C=C/[C@@H](O)[C@H](CO[C@@H]1O[C@H](CO)[C@H](O)C(O)C1O)N(C)C. The minimum atomic E-state index is -1.48. The number of rotatable bonds is 19. The van der Waals surface area contributed by atoms with Crippen LogP contribution < -0.4 is 0 Å². The summed E-state index contributed by atoms with van der Waals surface area (Å²) in [7, 11) is 3.64. The summed E-state index contributed by atoms with van der Waals surface area (Å²) in [5.74, 6) is 0. The Hall–Kier alpha value is -0.580. The normalized spacial score (nSPS) is 27.5. The van der Waals surface area contributed by atoms with E-state index in [-0.39, 0.29) is 12.6 Å². The lowest BCUT2D eigenvalue weighted by Gasteiger charge is -2.40. The van der Waals surface area contributed by atoms with Gasteiger partial charge < -0.3 is 39.9 Å². The van der Waals surface area contributed by atoms with E-state index in [2.05, 4.69) is 6.92 Å². The van der Waals surface area contributed by atoms with E-state index >= 15 is 0 Å². The van der Waals surface area contributed by atoms with E-state index in [1.165, 1.54) is 64.2 Å². The fourth-order valence-corrected chi connectivity index (χ4v) is 4.24. The summed E-state index contributed by atoms with van der Waals surface area (Å²) in [4.78, 5) is 1.82. The average molecular weight is 490 g/mol. The van der Waals surface area contributed by atoms with Crippen LogP contribution in [0.2, 0.25) is 0 Å². The first-order chi connectivity index (χ1) is 16.3. The molecule has 1 fully saturated rings. The topological polar surface area (TPSA) is 123 Å². The number of unbranched alkanes of at least 4 members (excludes halogenated alkanes) is 11. The van der Waals surface area contributed by atoms with Crippen LogP contribution in [-0.2, 0) is 9.47 Å². The van der Waals surface area contributed by atoms with Gasteiger partial charge in [0.05, 0.1) is 25.4 Å². The molecule has 5 N–H and O–H groups in total. The van der Waals surface area contributed by atoms with E-state index in [1.54, 1.807) is 6.08 Å². The van der Waals surface area contributed by atoms with Crippen LogP contribution in [-0.4, -0.2) is 101 Å². The molecular formula is C26H51NO7. The molecule has 0 aromatic heterocycles. The number of aliphatic hydroxyl groups excluding tert-OH is 5. The fourth-order valence-electron chi connectivity index (χ4n) is 4.24. The Morgan fingerprint density at radius 1 is 0.853 bits per heavy atom. The van der Waals surface area contributed by atoms with Gasteiger partial charge >= 0.3 is 0 Å². The zero-order valence-electron chi connectivity index (χ0n) is 21.6. The minimum Gasteiger partial charge on any atom is -0.394 e. The van der Waals surface area contributed by atoms with Gasteiger partial charge in [-0.15, -0.1) is 0 Å². The van der Waals surface area contributed by atoms with Gasteiger partial charge in [0, 0.05) is 0 Å². The summed E-state index contributed by atoms with van der Waals surface area (Å²) in [6.45, 7) is 1.78. The first kappa shape index (κ1) is 31.4. The van der Waals surface area contributed by atoms with Crippen molar-refractivity contribution in [1.29, 1.82) is 0 Å². The van der Waals surface area contributed by atoms with Gasteiger partial charge in [0.25, 0.3) is 0 Å². The van der Waals surface area contributed by atoms with E-state index in [1.807, 2.05) is 25.1 Å². The Morgan fingerprint density at radius 3 is 1.94 bits per heavy atom. The Morgan fingerprint density at radius 2 is 1.41 bits per heavy atom. The smallest absolute Gasteiger partial charge is 0.186 e. The number of hydrogen-bond acceptors (Lipinski definition) is 8. The third kappa shape index (κ3) is 11.9. The maximum absolute atomic E-state index is 10.6. The van der Waals surface area contributed by atoms with Crippen LogP contribution in [0.15, 0.2) is 12.2 Å². The Kier molecular flexibility index (Phi) is 17.3. The molecule has 7 atom stereocenters. The molecule has 0 aromatic carbocycles. The average Bonchev–Trinajstić information content (AvgIpc) is 2.81. The molecule has 202 valence electrons. The summed E-state index contributed by atoms with van der Waals surface area (Å²) in [5.41, 5.74) is 0. The second-order valence-electron chi connectivity index (χ2n) is 9.80. The number of likely N-dealkylation sites (N-methyl/N-ethyl adjacent to an activating group) is 1. The molecular weight excluding hydrogens is 438 g/mol. The summed E-state index contributed by atoms with van der Waals surface area (Å²) < 4.78 is 11.0. The van der Waals surface area contributed by atoms with Gasteiger partial charge in [-0.3, -0.25) is 0 Å². The van der Waals surface area contributed by atoms with Crippen molar-refractivity contribution in [3.8, 4) is 0 Å². The molecule has 1 saturated heterocycles. The Bertz CT molecular complexity index is 517. The maximum atomic E-state index is 10.6. The molecule has 0 aliphatic carbocycles. The van der Waals surface area contributed by atoms with E-state index in [9.17, 15) is 25.5 Å². The van der Waals surface area contributed by atoms with Crippen molar-refractivity contribution in [3.63, 3.8) is 0 Å². The molecule has 1 rings (SSSR count). The molecule has 1 aliphatic rings. The molecule has 0 bridgehead atoms. The third-order valence-electron chi connectivity index (χ3n) is 6.64. The standard InChI is InChI=1S/C26H51NO7/c1-4-5-6-7-8-9-10-11-12-13-14-15-16-17-21(29)20(27(2)3)19-33-26-25(32)24(31)23(30)22(18-28)34-26/h16-17,20-26,28-32H,4-15,18-19H2,1-3H3/b17-16+/t20-,21+,22+,23-,24?,25?,26+/m0/s1. The molecule has 0 spiro atoms. The molecule has 1 aliphatic heterocycles. The van der Waals surface area contributed by atoms with Crippen LogP contribution in [0.3, 0.4) is 0 Å². The van der Waals surface area contributed by atoms with Crippen LogP contribution in [0.25, 0.3) is 0 Å². The summed E-state index contributed by atoms with van der Waals surface area (Å²) >= 11 is 0. The third-order valence-corrected chi connectivity index (χ3v) is 6.64. The van der Waals surface area contributed by atoms with Gasteiger partial charge in [0.1, 0.15) is 24.4 Å². The molecule has 0 radical (unpaired) electrons. The van der Waals surface area contributed by atoms with E-state index in [0.717, 1.165) is 12.8 Å². The molecule has 0 amide bonds. The van der Waals surface area contributed by atoms with Crippen LogP contribution >= 0.6 is 0 Å². The van der Waals surface area contributed by atoms with Crippen molar-refractivity contribution in [1.82, 2.24) is 4.90 Å². The van der Waals surface area contributed by atoms with Crippen molar-refractivity contribution >= 4 is 0 Å². The van der Waals surface area contributed by atoms with Crippen LogP contribution in [0, 0.1) is 0 Å². The van der Waals surface area contributed by atoms with E-state index in [4.69, 9.17) is 9.47 Å². The van der Waals surface area contributed by atoms with Crippen LogP contribution in [0.1, 0.15) is 84.0 Å². The van der Waals surface area contributed by atoms with Gasteiger partial charge in [0.2, 0.25) is 0 Å². The van der Waals surface area contributed by atoms with E-state index in [0.29, 0.717) is 0 Å².